The topological polar surface area (TPSA) is 421 Å². The van der Waals surface area contributed by atoms with Gasteiger partial charge in [-0.1, -0.05) is 121 Å². The summed E-state index contributed by atoms with van der Waals surface area (Å²) in [5, 5.41) is 38.8. The fraction of sp³-hybridized carbons (Fsp3) is 0.143. The van der Waals surface area contributed by atoms with Crippen LogP contribution in [-0.4, -0.2) is 112 Å². The molecule has 26 heteroatoms. The van der Waals surface area contributed by atoms with Crippen molar-refractivity contribution in [2.24, 2.45) is 0 Å². The van der Waals surface area contributed by atoms with Crippen LogP contribution >= 0.6 is 0 Å². The minimum absolute atomic E-state index is 0. The normalized spacial score (nSPS) is 8.78. The van der Waals surface area contributed by atoms with E-state index in [0.29, 0.717) is 48.4 Å². The summed E-state index contributed by atoms with van der Waals surface area (Å²) in [4.78, 5) is 79.0. The Kier molecular flexibility index (Phi) is 48.2. The second kappa shape index (κ2) is 49.9. The maximum absolute atomic E-state index is 11.7. The van der Waals surface area contributed by atoms with Gasteiger partial charge in [0.25, 0.3) is 33.8 Å². The summed E-state index contributed by atoms with van der Waals surface area (Å²) >= 11 is 0. The van der Waals surface area contributed by atoms with Crippen LogP contribution in [0, 0.1) is 20.2 Å². The number of hydrogen-bond acceptors (Lipinski definition) is 12. The molecule has 0 atom stereocenters. The van der Waals surface area contributed by atoms with Gasteiger partial charge in [0.2, 0.25) is 0 Å². The van der Waals surface area contributed by atoms with Crippen molar-refractivity contribution in [2.75, 3.05) is 26.2 Å². The van der Waals surface area contributed by atoms with E-state index in [1.807, 2.05) is 72.8 Å². The fourth-order valence-electron chi connectivity index (χ4n) is 6.28. The van der Waals surface area contributed by atoms with Gasteiger partial charge in [-0.25, -0.2) is 0 Å². The third-order valence-electron chi connectivity index (χ3n) is 9.94. The first-order valence-corrected chi connectivity index (χ1v) is 23.5. The van der Waals surface area contributed by atoms with Gasteiger partial charge in [-0.2, -0.15) is 0 Å². The van der Waals surface area contributed by atoms with Crippen LogP contribution in [-0.2, 0) is 59.8 Å². The Balaban J connectivity index is -0.000000462. The molecule has 446 valence electrons. The summed E-state index contributed by atoms with van der Waals surface area (Å²) in [7, 11) is 0. The van der Waals surface area contributed by atoms with Crippen LogP contribution in [0.4, 0.5) is 0 Å². The Hall–Kier alpha value is -9.36. The molecule has 0 saturated carbocycles. The monoisotopic (exact) mass is 1230 g/mol. The summed E-state index contributed by atoms with van der Waals surface area (Å²) in [5.74, 6) is -0.210. The van der Waals surface area contributed by atoms with Gasteiger partial charge in [-0.05, 0) is 96.5 Å². The molecule has 8 rings (SSSR count). The van der Waals surface area contributed by atoms with E-state index in [2.05, 4.69) is 89.7 Å². The zero-order valence-electron chi connectivity index (χ0n) is 43.9. The van der Waals surface area contributed by atoms with Crippen LogP contribution in [0.5, 0.6) is 0 Å². The van der Waals surface area contributed by atoms with Gasteiger partial charge < -0.3 is 53.6 Å². The first kappa shape index (κ1) is 79.1. The minimum atomic E-state index is -1.50. The first-order chi connectivity index (χ1) is 36.9. The molecule has 0 aliphatic carbocycles. The molecule has 0 saturated heterocycles. The fourth-order valence-corrected chi connectivity index (χ4v) is 6.28. The van der Waals surface area contributed by atoms with E-state index >= 15 is 0 Å². The third-order valence-corrected chi connectivity index (χ3v) is 9.94. The summed E-state index contributed by atoms with van der Waals surface area (Å²) in [5.41, 5.74) is 7.48. The van der Waals surface area contributed by atoms with Crippen molar-refractivity contribution in [1.82, 2.24) is 41.2 Å². The number of carbonyl (C=O) groups excluding carboxylic acids is 4. The standard InChI is InChI=1S/4C14H14N2O.2Cu.2HNO3.4H2O/c4*17-14(13-7-9-15-10-8-13)16-11-6-12-4-2-1-3-5-12;;;2*2-1(3)4;;;;/h4*1-5,7-10H,6,11H2,(H,16,17);;;2*(H,2,3,4);4*1H2. The van der Waals surface area contributed by atoms with E-state index in [4.69, 9.17) is 30.6 Å². The van der Waals surface area contributed by atoms with Crippen LogP contribution in [0.1, 0.15) is 63.7 Å². The predicted molar refractivity (Wildman–Crippen MR) is 299 cm³/mol. The van der Waals surface area contributed by atoms with Crippen molar-refractivity contribution in [2.45, 2.75) is 25.7 Å². The molecule has 0 fully saturated rings. The van der Waals surface area contributed by atoms with E-state index < -0.39 is 10.2 Å². The molecule has 0 unspecified atom stereocenters. The molecule has 4 heterocycles. The molecule has 0 aliphatic rings. The van der Waals surface area contributed by atoms with E-state index in [-0.39, 0.29) is 79.7 Å². The van der Waals surface area contributed by atoms with Gasteiger partial charge in [0, 0.05) is 132 Å². The van der Waals surface area contributed by atoms with E-state index in [1.165, 1.54) is 22.3 Å². The molecular formula is C56H66Cu2N10O14. The van der Waals surface area contributed by atoms with Gasteiger partial charge in [0.05, 0.1) is 0 Å². The summed E-state index contributed by atoms with van der Waals surface area (Å²) in [6.45, 7) is 2.58. The zero-order chi connectivity index (χ0) is 54.9. The van der Waals surface area contributed by atoms with Gasteiger partial charge in [-0.3, -0.25) is 39.1 Å². The number of nitrogens with one attached hydrogen (secondary N) is 4. The quantitative estimate of drug-likeness (QED) is 0.0448. The van der Waals surface area contributed by atoms with Crippen LogP contribution in [0.15, 0.2) is 219 Å². The van der Waals surface area contributed by atoms with Crippen molar-refractivity contribution in [1.29, 1.82) is 0 Å². The Bertz CT molecular complexity index is 2480. The third kappa shape index (κ3) is 38.2. The minimum Gasteiger partial charge on any atom is -0.412 e. The Morgan fingerprint density at radius 2 is 0.476 bits per heavy atom. The number of amides is 4. The van der Waals surface area contributed by atoms with Gasteiger partial charge in [-0.15, -0.1) is 20.2 Å². The predicted octanol–water partition coefficient (Wildman–Crippen LogP) is 4.22. The molecule has 4 amide bonds. The maximum atomic E-state index is 11.7. The maximum Gasteiger partial charge on any atom is 0.291 e. The van der Waals surface area contributed by atoms with Crippen LogP contribution in [0.3, 0.4) is 0 Å². The summed E-state index contributed by atoms with van der Waals surface area (Å²) in [6, 6.07) is 54.0. The molecule has 8 aromatic rings. The van der Waals surface area contributed by atoms with Crippen molar-refractivity contribution in [3.8, 4) is 0 Å². The number of carbonyl (C=O) groups is 4. The summed E-state index contributed by atoms with van der Waals surface area (Å²) in [6.07, 6.45) is 16.3. The van der Waals surface area contributed by atoms with Gasteiger partial charge in [0.1, 0.15) is 0 Å². The number of rotatable bonds is 16. The van der Waals surface area contributed by atoms with Gasteiger partial charge in [0.15, 0.2) is 0 Å². The average Bonchev–Trinajstić information content (AvgIpc) is 3.45. The Labute approximate surface area is 494 Å². The average molecular weight is 1230 g/mol. The molecule has 14 N–H and O–H groups in total. The number of aromatic nitrogens is 4. The largest absolute Gasteiger partial charge is 0.412 e. The molecule has 4 aromatic carbocycles. The van der Waals surface area contributed by atoms with Crippen LogP contribution in [0.2, 0.25) is 0 Å². The number of hydrogen-bond donors (Lipinski definition) is 6. The molecule has 2 radical (unpaired) electrons. The smallest absolute Gasteiger partial charge is 0.291 e. The molecular weight excluding hydrogens is 1160 g/mol. The molecule has 4 aromatic heterocycles. The SMILES string of the molecule is O.O.O.O.O=C(NCCc1ccccc1)c1ccncc1.O=C(NCCc1ccccc1)c1ccncc1.O=C(NCCc1ccccc1)c1ccncc1.O=C(NCCc1ccccc1)c1ccncc1.O=[N+]([O-])O.O=[N+]([O-])O.[Cu].[Cu]. The second-order valence-electron chi connectivity index (χ2n) is 15.4. The van der Waals surface area contributed by atoms with E-state index in [0.717, 1.165) is 25.7 Å². The van der Waals surface area contributed by atoms with Crippen molar-refractivity contribution in [3.05, 3.63) is 284 Å². The molecule has 0 aliphatic heterocycles. The molecule has 0 bridgehead atoms. The Morgan fingerprint density at radius 1 is 0.329 bits per heavy atom. The number of nitrogens with zero attached hydrogens (tertiary/aromatic N) is 6. The van der Waals surface area contributed by atoms with E-state index in [1.54, 1.807) is 98.1 Å². The van der Waals surface area contributed by atoms with E-state index in [9.17, 15) is 19.2 Å². The summed E-state index contributed by atoms with van der Waals surface area (Å²) < 4.78 is 0. The first-order valence-electron chi connectivity index (χ1n) is 23.5. The Morgan fingerprint density at radius 3 is 0.622 bits per heavy atom. The van der Waals surface area contributed by atoms with Crippen LogP contribution in [0.25, 0.3) is 0 Å². The van der Waals surface area contributed by atoms with Crippen molar-refractivity contribution >= 4 is 23.6 Å². The van der Waals surface area contributed by atoms with Crippen molar-refractivity contribution in [3.63, 3.8) is 0 Å². The van der Waals surface area contributed by atoms with Crippen LogP contribution < -0.4 is 21.3 Å². The van der Waals surface area contributed by atoms with Crippen molar-refractivity contribution < 1.29 is 95.8 Å². The molecule has 24 nitrogen and oxygen atoms in total. The number of benzene rings is 4. The van der Waals surface area contributed by atoms with Gasteiger partial charge >= 0.3 is 0 Å². The molecule has 82 heavy (non-hydrogen) atoms. The molecule has 0 spiro atoms. The second-order valence-corrected chi connectivity index (χ2v) is 15.4. The number of pyridine rings is 4. The zero-order valence-corrected chi connectivity index (χ0v) is 45.8.